The van der Waals surface area contributed by atoms with E-state index < -0.39 is 0 Å². The van der Waals surface area contributed by atoms with Crippen molar-refractivity contribution in [1.29, 1.82) is 0 Å². The molecule has 0 atom stereocenters. The minimum atomic E-state index is 0.145. The number of hydrogen-bond donors (Lipinski definition) is 0. The summed E-state index contributed by atoms with van der Waals surface area (Å²) in [4.78, 5) is 19.2. The van der Waals surface area contributed by atoms with Crippen LogP contribution in [0.5, 0.6) is 0 Å². The first-order valence-electron chi connectivity index (χ1n) is 8.96. The highest BCUT2D eigenvalue weighted by atomic mass is 16.2. The molecule has 4 nitrogen and oxygen atoms in total. The maximum atomic E-state index is 12.7. The van der Waals surface area contributed by atoms with Crippen LogP contribution >= 0.6 is 0 Å². The van der Waals surface area contributed by atoms with E-state index in [1.54, 1.807) is 0 Å². The Morgan fingerprint density at radius 3 is 2.36 bits per heavy atom. The van der Waals surface area contributed by atoms with E-state index in [-0.39, 0.29) is 5.91 Å². The number of hydrogen-bond acceptors (Lipinski definition) is 3. The SMILES string of the molecule is CN(C)c1cccc(C(=O)N2CCN(CCc3ccccc3)CC2)c1. The van der Waals surface area contributed by atoms with Gasteiger partial charge in [0, 0.05) is 58.1 Å². The number of nitrogens with zero attached hydrogens (tertiary/aromatic N) is 3. The van der Waals surface area contributed by atoms with Crippen molar-refractivity contribution in [3.05, 3.63) is 65.7 Å². The lowest BCUT2D eigenvalue weighted by molar-refractivity contribution is 0.0638. The zero-order valence-corrected chi connectivity index (χ0v) is 15.2. The number of piperazine rings is 1. The van der Waals surface area contributed by atoms with Crippen molar-refractivity contribution in [2.75, 3.05) is 51.7 Å². The topological polar surface area (TPSA) is 26.8 Å². The lowest BCUT2D eigenvalue weighted by atomic mass is 10.1. The highest BCUT2D eigenvalue weighted by Gasteiger charge is 2.22. The van der Waals surface area contributed by atoms with Crippen molar-refractivity contribution in [2.45, 2.75) is 6.42 Å². The zero-order valence-electron chi connectivity index (χ0n) is 15.2. The van der Waals surface area contributed by atoms with E-state index in [1.165, 1.54) is 5.56 Å². The van der Waals surface area contributed by atoms with Crippen LogP contribution in [0.25, 0.3) is 0 Å². The van der Waals surface area contributed by atoms with Gasteiger partial charge in [0.15, 0.2) is 0 Å². The lowest BCUT2D eigenvalue weighted by Gasteiger charge is -2.35. The number of anilines is 1. The van der Waals surface area contributed by atoms with Gasteiger partial charge in [0.25, 0.3) is 5.91 Å². The van der Waals surface area contributed by atoms with Crippen molar-refractivity contribution in [3.63, 3.8) is 0 Å². The number of carbonyl (C=O) groups excluding carboxylic acids is 1. The van der Waals surface area contributed by atoms with Gasteiger partial charge in [0.1, 0.15) is 0 Å². The third-order valence-electron chi connectivity index (χ3n) is 4.83. The molecule has 4 heteroatoms. The van der Waals surface area contributed by atoms with E-state index in [1.807, 2.05) is 48.2 Å². The van der Waals surface area contributed by atoms with E-state index in [4.69, 9.17) is 0 Å². The Bertz CT molecular complexity index is 691. The highest BCUT2D eigenvalue weighted by Crippen LogP contribution is 2.16. The normalized spacial score (nSPS) is 15.2. The summed E-state index contributed by atoms with van der Waals surface area (Å²) in [7, 11) is 3.99. The van der Waals surface area contributed by atoms with E-state index in [0.29, 0.717) is 0 Å². The number of amides is 1. The minimum Gasteiger partial charge on any atom is -0.378 e. The average molecular weight is 337 g/mol. The average Bonchev–Trinajstić information content (AvgIpc) is 2.67. The summed E-state index contributed by atoms with van der Waals surface area (Å²) in [6, 6.07) is 18.5. The number of rotatable bonds is 5. The van der Waals surface area contributed by atoms with Gasteiger partial charge < -0.3 is 9.80 Å². The van der Waals surface area contributed by atoms with Crippen LogP contribution in [0, 0.1) is 0 Å². The Hall–Kier alpha value is -2.33. The van der Waals surface area contributed by atoms with Gasteiger partial charge in [0.05, 0.1) is 0 Å². The van der Waals surface area contributed by atoms with Crippen molar-refractivity contribution >= 4 is 11.6 Å². The largest absolute Gasteiger partial charge is 0.378 e. The van der Waals surface area contributed by atoms with E-state index >= 15 is 0 Å². The van der Waals surface area contributed by atoms with Crippen LogP contribution in [0.1, 0.15) is 15.9 Å². The predicted molar refractivity (Wildman–Crippen MR) is 103 cm³/mol. The lowest BCUT2D eigenvalue weighted by Crippen LogP contribution is -2.49. The molecule has 0 bridgehead atoms. The smallest absolute Gasteiger partial charge is 0.254 e. The monoisotopic (exact) mass is 337 g/mol. The van der Waals surface area contributed by atoms with Crippen molar-refractivity contribution in [1.82, 2.24) is 9.80 Å². The first-order chi connectivity index (χ1) is 12.1. The van der Waals surface area contributed by atoms with E-state index in [0.717, 1.165) is 50.4 Å². The zero-order chi connectivity index (χ0) is 17.6. The van der Waals surface area contributed by atoms with Crippen molar-refractivity contribution in [3.8, 4) is 0 Å². The summed E-state index contributed by atoms with van der Waals surface area (Å²) in [5, 5.41) is 0. The quantitative estimate of drug-likeness (QED) is 0.839. The van der Waals surface area contributed by atoms with Crippen LogP contribution in [0.4, 0.5) is 5.69 Å². The Morgan fingerprint density at radius 2 is 1.68 bits per heavy atom. The minimum absolute atomic E-state index is 0.145. The Labute approximate surface area is 150 Å². The fourth-order valence-electron chi connectivity index (χ4n) is 3.21. The Kier molecular flexibility index (Phi) is 5.71. The molecule has 0 unspecified atom stereocenters. The molecule has 0 aliphatic carbocycles. The van der Waals surface area contributed by atoms with Crippen LogP contribution in [0.15, 0.2) is 54.6 Å². The molecular formula is C21H27N3O. The standard InChI is InChI=1S/C21H27N3O/c1-22(2)20-10-6-9-19(17-20)21(25)24-15-13-23(14-16-24)12-11-18-7-4-3-5-8-18/h3-10,17H,11-16H2,1-2H3. The Morgan fingerprint density at radius 1 is 0.960 bits per heavy atom. The van der Waals surface area contributed by atoms with Crippen molar-refractivity contribution in [2.24, 2.45) is 0 Å². The molecule has 0 saturated carbocycles. The van der Waals surface area contributed by atoms with Gasteiger partial charge in [-0.25, -0.2) is 0 Å². The fourth-order valence-corrected chi connectivity index (χ4v) is 3.21. The summed E-state index contributed by atoms with van der Waals surface area (Å²) >= 11 is 0. The molecule has 1 amide bonds. The molecule has 0 aromatic heterocycles. The summed E-state index contributed by atoms with van der Waals surface area (Å²) < 4.78 is 0. The van der Waals surface area contributed by atoms with Gasteiger partial charge in [0.2, 0.25) is 0 Å². The van der Waals surface area contributed by atoms with Gasteiger partial charge in [-0.1, -0.05) is 36.4 Å². The Balaban J connectivity index is 1.51. The number of benzene rings is 2. The molecule has 2 aromatic carbocycles. The molecule has 25 heavy (non-hydrogen) atoms. The van der Waals surface area contributed by atoms with Crippen molar-refractivity contribution < 1.29 is 4.79 Å². The maximum absolute atomic E-state index is 12.7. The van der Waals surface area contributed by atoms with Crippen LogP contribution < -0.4 is 4.90 Å². The molecule has 1 fully saturated rings. The molecule has 1 heterocycles. The second kappa shape index (κ2) is 8.17. The molecule has 1 aliphatic heterocycles. The summed E-state index contributed by atoms with van der Waals surface area (Å²) in [5.41, 5.74) is 3.22. The first kappa shape index (κ1) is 17.5. The predicted octanol–water partition coefficient (Wildman–Crippen LogP) is 2.75. The number of carbonyl (C=O) groups is 1. The van der Waals surface area contributed by atoms with Crippen LogP contribution in [-0.2, 0) is 6.42 Å². The van der Waals surface area contributed by atoms with Gasteiger partial charge in [-0.3, -0.25) is 9.69 Å². The second-order valence-corrected chi connectivity index (χ2v) is 6.81. The van der Waals surface area contributed by atoms with Gasteiger partial charge >= 0.3 is 0 Å². The van der Waals surface area contributed by atoms with Crippen LogP contribution in [0.3, 0.4) is 0 Å². The van der Waals surface area contributed by atoms with Gasteiger partial charge in [-0.15, -0.1) is 0 Å². The van der Waals surface area contributed by atoms with E-state index in [9.17, 15) is 4.79 Å². The van der Waals surface area contributed by atoms with E-state index in [2.05, 4.69) is 35.2 Å². The summed E-state index contributed by atoms with van der Waals surface area (Å²) in [6.45, 7) is 4.57. The molecule has 1 aliphatic rings. The summed E-state index contributed by atoms with van der Waals surface area (Å²) in [5.74, 6) is 0.145. The molecule has 1 saturated heterocycles. The third-order valence-corrected chi connectivity index (χ3v) is 4.83. The fraction of sp³-hybridized carbons (Fsp3) is 0.381. The van der Waals surface area contributed by atoms with Gasteiger partial charge in [-0.2, -0.15) is 0 Å². The maximum Gasteiger partial charge on any atom is 0.254 e. The molecule has 2 aromatic rings. The van der Waals surface area contributed by atoms with Crippen LogP contribution in [0.2, 0.25) is 0 Å². The first-order valence-corrected chi connectivity index (χ1v) is 8.96. The van der Waals surface area contributed by atoms with Crippen LogP contribution in [-0.4, -0.2) is 62.5 Å². The molecule has 0 N–H and O–H groups in total. The second-order valence-electron chi connectivity index (χ2n) is 6.81. The molecular weight excluding hydrogens is 310 g/mol. The molecule has 0 radical (unpaired) electrons. The molecule has 0 spiro atoms. The summed E-state index contributed by atoms with van der Waals surface area (Å²) in [6.07, 6.45) is 1.07. The third kappa shape index (κ3) is 4.60. The molecule has 132 valence electrons. The van der Waals surface area contributed by atoms with Gasteiger partial charge in [-0.05, 0) is 30.2 Å². The highest BCUT2D eigenvalue weighted by molar-refractivity contribution is 5.95. The molecule has 3 rings (SSSR count).